The average Bonchev–Trinajstić information content (AvgIpc) is 3.85. The first-order valence-electron chi connectivity index (χ1n) is 21.0. The zero-order valence-electron chi connectivity index (χ0n) is 33.4. The zero-order valence-corrected chi connectivity index (χ0v) is 34.4. The molecule has 2 saturated heterocycles. The minimum absolute atomic E-state index is 0.331. The molecule has 9 rings (SSSR count). The number of anilines is 3. The van der Waals surface area contributed by atoms with Crippen LogP contribution in [0.25, 0.3) is 11.0 Å². The molecular formula is C45H59N5O4Si. The number of benzene rings is 2. The maximum atomic E-state index is 13.3. The third-order valence-electron chi connectivity index (χ3n) is 13.3. The molecular weight excluding hydrogens is 703 g/mol. The molecule has 2 aromatic heterocycles. The Kier molecular flexibility index (Phi) is 9.96. The molecule has 0 N–H and O–H groups in total. The lowest BCUT2D eigenvalue weighted by Gasteiger charge is -2.56. The highest BCUT2D eigenvalue weighted by Crippen LogP contribution is 2.55. The second-order valence-corrected chi connectivity index (χ2v) is 23.9. The summed E-state index contributed by atoms with van der Waals surface area (Å²) in [5.74, 6) is 1.06. The van der Waals surface area contributed by atoms with E-state index in [1.54, 1.807) is 11.1 Å². The van der Waals surface area contributed by atoms with Crippen molar-refractivity contribution in [1.82, 2.24) is 14.5 Å². The summed E-state index contributed by atoms with van der Waals surface area (Å²) in [6.07, 6.45) is 13.3. The molecule has 5 heterocycles. The highest BCUT2D eigenvalue weighted by atomic mass is 28.3. The third-order valence-corrected chi connectivity index (χ3v) is 15.0. The number of likely N-dealkylation sites (tertiary alicyclic amines) is 1. The summed E-state index contributed by atoms with van der Waals surface area (Å²) in [5.41, 5.74) is 8.00. The summed E-state index contributed by atoms with van der Waals surface area (Å²) in [5, 5.41) is 1.02. The van der Waals surface area contributed by atoms with Gasteiger partial charge in [0.2, 0.25) is 5.88 Å². The Morgan fingerprint density at radius 2 is 1.73 bits per heavy atom. The number of methoxy groups -OCH3 is 1. The number of hydrogen-bond donors (Lipinski definition) is 0. The Hall–Kier alpha value is -3.86. The summed E-state index contributed by atoms with van der Waals surface area (Å²) >= 11 is 0. The molecule has 4 aromatic rings. The van der Waals surface area contributed by atoms with E-state index in [9.17, 15) is 4.79 Å². The normalized spacial score (nSPS) is 21.7. The fourth-order valence-corrected chi connectivity index (χ4v) is 10.7. The van der Waals surface area contributed by atoms with Gasteiger partial charge in [-0.1, -0.05) is 43.9 Å². The molecule has 3 aliphatic heterocycles. The number of fused-ring (bicyclic) bond motifs is 2. The molecule has 1 unspecified atom stereocenters. The van der Waals surface area contributed by atoms with Gasteiger partial charge in [-0.15, -0.1) is 0 Å². The fraction of sp³-hybridized carbons (Fsp3) is 0.556. The molecule has 4 fully saturated rings. The van der Waals surface area contributed by atoms with Crippen molar-refractivity contribution in [2.24, 2.45) is 5.41 Å². The van der Waals surface area contributed by atoms with Crippen molar-refractivity contribution in [2.45, 2.75) is 108 Å². The largest absolute Gasteiger partial charge is 0.476 e. The van der Waals surface area contributed by atoms with E-state index in [2.05, 4.69) is 87.4 Å². The highest BCUT2D eigenvalue weighted by Gasteiger charge is 2.50. The summed E-state index contributed by atoms with van der Waals surface area (Å²) in [6, 6.07) is 22.3. The van der Waals surface area contributed by atoms with Crippen LogP contribution in [0.4, 0.5) is 17.1 Å². The van der Waals surface area contributed by atoms with Gasteiger partial charge in [0.25, 0.3) is 0 Å². The molecule has 5 aliphatic rings. The number of carbonyl (C=O) groups excluding carboxylic acids is 1. The number of carbonyl (C=O) groups is 1. The van der Waals surface area contributed by atoms with Crippen LogP contribution >= 0.6 is 0 Å². The van der Waals surface area contributed by atoms with Crippen molar-refractivity contribution < 1.29 is 19.0 Å². The van der Waals surface area contributed by atoms with Crippen LogP contribution in [0, 0.1) is 5.41 Å². The van der Waals surface area contributed by atoms with Crippen molar-refractivity contribution in [1.29, 1.82) is 0 Å². The summed E-state index contributed by atoms with van der Waals surface area (Å²) < 4.78 is 19.8. The van der Waals surface area contributed by atoms with Gasteiger partial charge in [0.1, 0.15) is 18.1 Å². The standard InChI is InChI=1S/C45H59N5O4Si/c1-52-44(51)38-15-14-34(28-40(38)50-20-8-24-54-43-41(50)27-33-16-21-48(42(33)46-43)31-53-25-26-55(2,3)4)47-22-17-45(18-23-47)29-35(30-45)49-19-7-11-39(49)37-10-6-5-9-36(37)32-12-13-32/h5-6,9-10,14-16,21,27-28,32,35,39H,7-8,11-13,17-20,22-26,29-31H2,1-4H3. The van der Waals surface area contributed by atoms with Crippen LogP contribution in [0.1, 0.15) is 91.2 Å². The number of piperidine rings is 1. The van der Waals surface area contributed by atoms with Crippen LogP contribution < -0.4 is 14.5 Å². The fourth-order valence-electron chi connectivity index (χ4n) is 9.98. The maximum Gasteiger partial charge on any atom is 0.339 e. The number of rotatable bonds is 11. The van der Waals surface area contributed by atoms with Gasteiger partial charge < -0.3 is 28.6 Å². The van der Waals surface area contributed by atoms with Gasteiger partial charge in [0, 0.05) is 63.7 Å². The predicted molar refractivity (Wildman–Crippen MR) is 223 cm³/mol. The molecule has 292 valence electrons. The molecule has 2 saturated carbocycles. The molecule has 1 spiro atoms. The van der Waals surface area contributed by atoms with E-state index in [0.717, 1.165) is 66.2 Å². The van der Waals surface area contributed by atoms with Gasteiger partial charge in [-0.2, -0.15) is 4.98 Å². The van der Waals surface area contributed by atoms with Crippen molar-refractivity contribution in [2.75, 3.05) is 56.3 Å². The number of pyridine rings is 1. The van der Waals surface area contributed by atoms with Gasteiger partial charge in [-0.3, -0.25) is 4.90 Å². The number of hydrogen-bond acceptors (Lipinski definition) is 8. The van der Waals surface area contributed by atoms with E-state index in [4.69, 9.17) is 19.2 Å². The molecule has 9 nitrogen and oxygen atoms in total. The van der Waals surface area contributed by atoms with Crippen molar-refractivity contribution in [3.8, 4) is 5.88 Å². The molecule has 55 heavy (non-hydrogen) atoms. The minimum atomic E-state index is -1.17. The van der Waals surface area contributed by atoms with Crippen LogP contribution in [0.2, 0.25) is 25.7 Å². The molecule has 2 aliphatic carbocycles. The number of ether oxygens (including phenoxy) is 3. The monoisotopic (exact) mass is 761 g/mol. The second-order valence-electron chi connectivity index (χ2n) is 18.3. The average molecular weight is 762 g/mol. The molecule has 2 aromatic carbocycles. The summed E-state index contributed by atoms with van der Waals surface area (Å²) in [6.45, 7) is 12.9. The van der Waals surface area contributed by atoms with Gasteiger partial charge in [0.05, 0.1) is 25.0 Å². The van der Waals surface area contributed by atoms with Crippen molar-refractivity contribution in [3.63, 3.8) is 0 Å². The zero-order chi connectivity index (χ0) is 37.7. The Bertz CT molecular complexity index is 2020. The molecule has 0 bridgehead atoms. The SMILES string of the molecule is COC(=O)c1ccc(N2CCC3(CC2)CC(N2CCCC2c2ccccc2C2CC2)C3)cc1N1CCCOc2nc3c(ccn3COCC[Si](C)(C)C)cc21. The lowest BCUT2D eigenvalue weighted by Crippen LogP contribution is -2.55. The summed E-state index contributed by atoms with van der Waals surface area (Å²) in [7, 11) is 0.294. The Morgan fingerprint density at radius 3 is 2.49 bits per heavy atom. The Balaban J connectivity index is 0.910. The number of nitrogens with zero attached hydrogens (tertiary/aromatic N) is 5. The first-order valence-corrected chi connectivity index (χ1v) is 24.7. The van der Waals surface area contributed by atoms with E-state index in [1.807, 2.05) is 12.3 Å². The van der Waals surface area contributed by atoms with Crippen molar-refractivity contribution in [3.05, 3.63) is 77.5 Å². The number of aromatic nitrogens is 2. The third kappa shape index (κ3) is 7.42. The van der Waals surface area contributed by atoms with Crippen LogP contribution in [-0.4, -0.2) is 81.0 Å². The van der Waals surface area contributed by atoms with Crippen LogP contribution in [0.5, 0.6) is 5.88 Å². The molecule has 0 amide bonds. The minimum Gasteiger partial charge on any atom is -0.476 e. The van der Waals surface area contributed by atoms with Gasteiger partial charge >= 0.3 is 5.97 Å². The topological polar surface area (TPSA) is 72.3 Å². The van der Waals surface area contributed by atoms with E-state index in [-0.39, 0.29) is 5.97 Å². The van der Waals surface area contributed by atoms with E-state index < -0.39 is 8.07 Å². The van der Waals surface area contributed by atoms with Crippen molar-refractivity contribution >= 4 is 42.1 Å². The quantitative estimate of drug-likeness (QED) is 0.0851. The van der Waals surface area contributed by atoms with Gasteiger partial charge in [0.15, 0.2) is 0 Å². The van der Waals surface area contributed by atoms with Crippen LogP contribution in [-0.2, 0) is 16.2 Å². The maximum absolute atomic E-state index is 13.3. The first-order chi connectivity index (χ1) is 26.7. The summed E-state index contributed by atoms with van der Waals surface area (Å²) in [4.78, 5) is 26.0. The molecule has 1 atom stereocenters. The van der Waals surface area contributed by atoms with E-state index >= 15 is 0 Å². The lowest BCUT2D eigenvalue weighted by molar-refractivity contribution is -0.0227. The van der Waals surface area contributed by atoms with E-state index in [0.29, 0.717) is 48.8 Å². The Labute approximate surface area is 327 Å². The van der Waals surface area contributed by atoms with E-state index in [1.165, 1.54) is 65.0 Å². The van der Waals surface area contributed by atoms with Crippen LogP contribution in [0.15, 0.2) is 60.8 Å². The highest BCUT2D eigenvalue weighted by molar-refractivity contribution is 6.76. The Morgan fingerprint density at radius 1 is 0.927 bits per heavy atom. The van der Waals surface area contributed by atoms with Gasteiger partial charge in [-0.05, 0) is 123 Å². The van der Waals surface area contributed by atoms with Gasteiger partial charge in [-0.25, -0.2) is 4.79 Å². The molecule has 10 heteroatoms. The smallest absolute Gasteiger partial charge is 0.339 e. The van der Waals surface area contributed by atoms with Crippen LogP contribution in [0.3, 0.4) is 0 Å². The predicted octanol–water partition coefficient (Wildman–Crippen LogP) is 9.52. The second kappa shape index (κ2) is 14.9. The first kappa shape index (κ1) is 36.8. The number of esters is 1. The lowest BCUT2D eigenvalue weighted by atomic mass is 9.59. The molecule has 0 radical (unpaired) electrons.